The zero-order chi connectivity index (χ0) is 23.1. The maximum atomic E-state index is 12.9. The molecule has 2 fully saturated rings. The first kappa shape index (κ1) is 23.8. The number of esters is 1. The van der Waals surface area contributed by atoms with E-state index in [4.69, 9.17) is 4.74 Å². The summed E-state index contributed by atoms with van der Waals surface area (Å²) < 4.78 is 4.86. The van der Waals surface area contributed by atoms with Crippen LogP contribution in [0.5, 0.6) is 0 Å². The number of piperidine rings is 1. The van der Waals surface area contributed by atoms with Crippen molar-refractivity contribution in [3.63, 3.8) is 0 Å². The van der Waals surface area contributed by atoms with Crippen LogP contribution in [0.1, 0.15) is 44.6 Å². The van der Waals surface area contributed by atoms with Crippen LogP contribution >= 0.6 is 0 Å². The predicted molar refractivity (Wildman–Crippen MR) is 118 cm³/mol. The molecule has 1 aromatic rings. The molecule has 0 radical (unpaired) electrons. The molecule has 0 aromatic heterocycles. The van der Waals surface area contributed by atoms with E-state index in [0.717, 1.165) is 31.2 Å². The highest BCUT2D eigenvalue weighted by Crippen LogP contribution is 2.25. The van der Waals surface area contributed by atoms with E-state index in [-0.39, 0.29) is 29.7 Å². The van der Waals surface area contributed by atoms with E-state index in [2.05, 4.69) is 5.32 Å². The summed E-state index contributed by atoms with van der Waals surface area (Å²) in [4.78, 5) is 52.9. The first-order valence-electron chi connectivity index (χ1n) is 11.4. The van der Waals surface area contributed by atoms with Crippen molar-refractivity contribution in [1.82, 2.24) is 15.1 Å². The normalized spacial score (nSPS) is 20.0. The predicted octanol–water partition coefficient (Wildman–Crippen LogP) is 1.53. The quantitative estimate of drug-likeness (QED) is 0.645. The molecular weight excluding hydrogens is 410 g/mol. The van der Waals surface area contributed by atoms with Crippen molar-refractivity contribution < 1.29 is 23.9 Å². The number of nitrogens with one attached hydrogen (secondary N) is 1. The fourth-order valence-corrected chi connectivity index (χ4v) is 4.67. The maximum Gasteiger partial charge on any atom is 0.328 e. The lowest BCUT2D eigenvalue weighted by atomic mass is 9.92. The number of carbonyl (C=O) groups is 4. The SMILES string of the molecule is COC(=O)[C@H](Cc1ccccc1)NC(=O)CC1CCN(C(=O)[C@@H]2CCCN2C(C)=O)CC1. The van der Waals surface area contributed by atoms with Crippen LogP contribution in [-0.2, 0) is 30.3 Å². The van der Waals surface area contributed by atoms with E-state index in [1.165, 1.54) is 14.0 Å². The number of ether oxygens (including phenoxy) is 1. The van der Waals surface area contributed by atoms with Crippen molar-refractivity contribution in [2.45, 2.75) is 57.5 Å². The van der Waals surface area contributed by atoms with Gasteiger partial charge < -0.3 is 19.9 Å². The van der Waals surface area contributed by atoms with E-state index in [1.807, 2.05) is 35.2 Å². The molecule has 2 saturated heterocycles. The standard InChI is InChI=1S/C24H33N3O5/c1-17(28)27-12-6-9-21(27)23(30)26-13-10-19(11-14-26)16-22(29)25-20(24(31)32-2)15-18-7-4-3-5-8-18/h3-5,7-8,19-21H,6,9-16H2,1-2H3,(H,25,29)/t20-,21-/m0/s1. The van der Waals surface area contributed by atoms with Crippen LogP contribution in [-0.4, -0.2) is 72.3 Å². The summed E-state index contributed by atoms with van der Waals surface area (Å²) in [7, 11) is 1.32. The Balaban J connectivity index is 1.48. The number of hydrogen-bond donors (Lipinski definition) is 1. The van der Waals surface area contributed by atoms with Gasteiger partial charge in [0.1, 0.15) is 12.1 Å². The lowest BCUT2D eigenvalue weighted by Crippen LogP contribution is -2.50. The molecule has 0 saturated carbocycles. The van der Waals surface area contributed by atoms with Gasteiger partial charge in [-0.25, -0.2) is 4.79 Å². The lowest BCUT2D eigenvalue weighted by Gasteiger charge is -2.35. The Hall–Kier alpha value is -2.90. The number of carbonyl (C=O) groups excluding carboxylic acids is 4. The van der Waals surface area contributed by atoms with Crippen LogP contribution in [0.3, 0.4) is 0 Å². The molecule has 1 N–H and O–H groups in total. The number of amides is 3. The number of methoxy groups -OCH3 is 1. The first-order chi connectivity index (χ1) is 15.4. The first-order valence-corrected chi connectivity index (χ1v) is 11.4. The van der Waals surface area contributed by atoms with Gasteiger partial charge in [0.25, 0.3) is 0 Å². The molecule has 0 bridgehead atoms. The number of rotatable bonds is 7. The maximum absolute atomic E-state index is 12.9. The number of likely N-dealkylation sites (tertiary alicyclic amines) is 2. The van der Waals surface area contributed by atoms with Crippen LogP contribution in [0, 0.1) is 5.92 Å². The Morgan fingerprint density at radius 3 is 2.38 bits per heavy atom. The monoisotopic (exact) mass is 443 g/mol. The largest absolute Gasteiger partial charge is 0.467 e. The third-order valence-corrected chi connectivity index (χ3v) is 6.45. The second-order valence-corrected chi connectivity index (χ2v) is 8.68. The minimum Gasteiger partial charge on any atom is -0.467 e. The van der Waals surface area contributed by atoms with E-state index in [0.29, 0.717) is 32.5 Å². The van der Waals surface area contributed by atoms with Gasteiger partial charge in [-0.2, -0.15) is 0 Å². The van der Waals surface area contributed by atoms with Crippen LogP contribution in [0.15, 0.2) is 30.3 Å². The second-order valence-electron chi connectivity index (χ2n) is 8.68. The summed E-state index contributed by atoms with van der Waals surface area (Å²) in [6.07, 6.45) is 3.72. The van der Waals surface area contributed by atoms with Gasteiger partial charge >= 0.3 is 5.97 Å². The summed E-state index contributed by atoms with van der Waals surface area (Å²) in [5.41, 5.74) is 0.946. The number of benzene rings is 1. The summed E-state index contributed by atoms with van der Waals surface area (Å²) in [6, 6.07) is 8.43. The van der Waals surface area contributed by atoms with E-state index in [1.54, 1.807) is 4.90 Å². The van der Waals surface area contributed by atoms with Gasteiger partial charge in [-0.15, -0.1) is 0 Å². The van der Waals surface area contributed by atoms with Gasteiger partial charge in [-0.05, 0) is 37.2 Å². The summed E-state index contributed by atoms with van der Waals surface area (Å²) in [5, 5.41) is 2.82. The van der Waals surface area contributed by atoms with Crippen molar-refractivity contribution in [3.05, 3.63) is 35.9 Å². The van der Waals surface area contributed by atoms with Gasteiger partial charge in [0.15, 0.2) is 0 Å². The van der Waals surface area contributed by atoms with Gasteiger partial charge in [0.2, 0.25) is 17.7 Å². The summed E-state index contributed by atoms with van der Waals surface area (Å²) in [6.45, 7) is 3.33. The highest BCUT2D eigenvalue weighted by atomic mass is 16.5. The fourth-order valence-electron chi connectivity index (χ4n) is 4.67. The van der Waals surface area contributed by atoms with Gasteiger partial charge in [0, 0.05) is 39.4 Å². The fraction of sp³-hybridized carbons (Fsp3) is 0.583. The van der Waals surface area contributed by atoms with Gasteiger partial charge in [-0.3, -0.25) is 14.4 Å². The van der Waals surface area contributed by atoms with Crippen LogP contribution in [0.25, 0.3) is 0 Å². The smallest absolute Gasteiger partial charge is 0.328 e. The average molecular weight is 444 g/mol. The molecule has 2 aliphatic rings. The van der Waals surface area contributed by atoms with Gasteiger partial charge in [-0.1, -0.05) is 30.3 Å². The van der Waals surface area contributed by atoms with Crippen molar-refractivity contribution >= 4 is 23.7 Å². The molecule has 8 nitrogen and oxygen atoms in total. The molecular formula is C24H33N3O5. The third-order valence-electron chi connectivity index (χ3n) is 6.45. The zero-order valence-corrected chi connectivity index (χ0v) is 18.9. The number of nitrogens with zero attached hydrogens (tertiary/aromatic N) is 2. The molecule has 2 aliphatic heterocycles. The molecule has 1 aromatic carbocycles. The number of hydrogen-bond acceptors (Lipinski definition) is 5. The van der Waals surface area contributed by atoms with Gasteiger partial charge in [0.05, 0.1) is 7.11 Å². The zero-order valence-electron chi connectivity index (χ0n) is 18.9. The molecule has 3 rings (SSSR count). The minimum atomic E-state index is -0.725. The molecule has 32 heavy (non-hydrogen) atoms. The van der Waals surface area contributed by atoms with Crippen molar-refractivity contribution in [1.29, 1.82) is 0 Å². The van der Waals surface area contributed by atoms with Crippen molar-refractivity contribution in [2.75, 3.05) is 26.7 Å². The second kappa shape index (κ2) is 11.1. The molecule has 0 unspecified atom stereocenters. The Bertz CT molecular complexity index is 820. The minimum absolute atomic E-state index is 0.0224. The molecule has 0 spiro atoms. The summed E-state index contributed by atoms with van der Waals surface area (Å²) >= 11 is 0. The average Bonchev–Trinajstić information content (AvgIpc) is 3.29. The van der Waals surface area contributed by atoms with Crippen LogP contribution in [0.4, 0.5) is 0 Å². The van der Waals surface area contributed by atoms with Crippen LogP contribution < -0.4 is 5.32 Å². The van der Waals surface area contributed by atoms with Crippen LogP contribution in [0.2, 0.25) is 0 Å². The third kappa shape index (κ3) is 6.08. The lowest BCUT2D eigenvalue weighted by molar-refractivity contribution is -0.145. The Morgan fingerprint density at radius 1 is 1.06 bits per heavy atom. The molecule has 2 atom stereocenters. The van der Waals surface area contributed by atoms with E-state index >= 15 is 0 Å². The summed E-state index contributed by atoms with van der Waals surface area (Å²) in [5.74, 6) is -0.521. The Morgan fingerprint density at radius 2 is 1.75 bits per heavy atom. The Kier molecular flexibility index (Phi) is 8.25. The van der Waals surface area contributed by atoms with E-state index in [9.17, 15) is 19.2 Å². The molecule has 174 valence electrons. The molecule has 8 heteroatoms. The molecule has 0 aliphatic carbocycles. The molecule has 2 heterocycles. The van der Waals surface area contributed by atoms with Crippen molar-refractivity contribution in [2.24, 2.45) is 5.92 Å². The topological polar surface area (TPSA) is 96.0 Å². The Labute approximate surface area is 189 Å². The highest BCUT2D eigenvalue weighted by Gasteiger charge is 2.36. The molecule has 3 amide bonds. The highest BCUT2D eigenvalue weighted by molar-refractivity contribution is 5.87. The van der Waals surface area contributed by atoms with E-state index < -0.39 is 12.0 Å². The van der Waals surface area contributed by atoms with Crippen molar-refractivity contribution in [3.8, 4) is 0 Å².